The fourth-order valence-corrected chi connectivity index (χ4v) is 12.0. The first-order valence-corrected chi connectivity index (χ1v) is 34.4. The molecule has 2 unspecified atom stereocenters. The summed E-state index contributed by atoms with van der Waals surface area (Å²) in [7, 11) is 0. The van der Waals surface area contributed by atoms with Gasteiger partial charge in [-0.25, -0.2) is 15.0 Å². The standard InChI is InChI=1S/C24H25N3O3.C22H20N2O3.2C18H18N2O3/c1-15(2)29-22-9-6-16(12-17(22)13-25)24-27-14-23(30-24)20-5-3-4-19-18(20)7-8-21(19)26-10-11-28;1-13(2)26-20-9-6-14(10-15(20)11-23)22-24-12-21(27-22)18-5-3-4-17-16(18)7-8-19(17)25;1-3-21-16-6-5-14(11-18(16)22-4-2)17-12-15(20-23-17)13-7-9-19-10-8-13;1-3-21-15-6-5-14(11-16(15)22-4-2)18-20-12-17(23-18)13-7-9-19-10-8-13/h3-6,9,12,14-15,21,26,28H,7-8,10-11H2,1-2H3;3-6,9-10,12-13,19,25H,7-8H2,1-2H3;2*5-12H,3-4H2,1-2H3. The lowest BCUT2D eigenvalue weighted by atomic mass is 10.0. The molecule has 21 heteroatoms. The fraction of sp³-hybridized carbons (Fsp3) is 0.268. The summed E-state index contributed by atoms with van der Waals surface area (Å²) in [6.45, 7) is 18.5. The first-order chi connectivity index (χ1) is 50.3. The molecule has 0 amide bonds. The molecule has 2 atom stereocenters. The number of hydrogen-bond acceptors (Lipinski definition) is 21. The lowest BCUT2D eigenvalue weighted by Gasteiger charge is -2.13. The minimum Gasteiger partial charge on any atom is -0.490 e. The highest BCUT2D eigenvalue weighted by molar-refractivity contribution is 5.72. The summed E-state index contributed by atoms with van der Waals surface area (Å²) >= 11 is 0. The number of rotatable bonds is 23. The van der Waals surface area contributed by atoms with Crippen molar-refractivity contribution >= 4 is 0 Å². The van der Waals surface area contributed by atoms with Crippen molar-refractivity contribution in [3.8, 4) is 138 Å². The van der Waals surface area contributed by atoms with Crippen molar-refractivity contribution in [2.24, 2.45) is 0 Å². The highest BCUT2D eigenvalue weighted by Gasteiger charge is 2.28. The first-order valence-electron chi connectivity index (χ1n) is 34.4. The Bertz CT molecular complexity index is 4720. The Labute approximate surface area is 598 Å². The van der Waals surface area contributed by atoms with Gasteiger partial charge >= 0.3 is 0 Å². The molecule has 2 aliphatic carbocycles. The Morgan fingerprint density at radius 1 is 0.485 bits per heavy atom. The maximum Gasteiger partial charge on any atom is 0.226 e. The third-order valence-corrected chi connectivity index (χ3v) is 16.5. The molecule has 0 radical (unpaired) electrons. The highest BCUT2D eigenvalue weighted by Crippen LogP contribution is 2.42. The zero-order valence-corrected chi connectivity index (χ0v) is 58.8. The molecule has 0 aliphatic heterocycles. The van der Waals surface area contributed by atoms with Crippen molar-refractivity contribution in [2.45, 2.75) is 105 Å². The van der Waals surface area contributed by atoms with E-state index in [1.807, 2.05) is 159 Å². The van der Waals surface area contributed by atoms with E-state index < -0.39 is 6.10 Å². The van der Waals surface area contributed by atoms with Crippen molar-refractivity contribution in [3.05, 3.63) is 216 Å². The summed E-state index contributed by atoms with van der Waals surface area (Å²) in [4.78, 5) is 21.2. The number of oxazole rings is 3. The number of nitriles is 2. The minimum absolute atomic E-state index is 0.00726. The second-order valence-corrected chi connectivity index (χ2v) is 24.2. The highest BCUT2D eigenvalue weighted by atomic mass is 16.5. The van der Waals surface area contributed by atoms with Crippen molar-refractivity contribution in [2.75, 3.05) is 39.6 Å². The number of aliphatic hydroxyl groups excluding tert-OH is 2. The van der Waals surface area contributed by atoms with Gasteiger partial charge in [0.05, 0.1) is 81.1 Å². The lowest BCUT2D eigenvalue weighted by Crippen LogP contribution is -2.22. The fourth-order valence-electron chi connectivity index (χ4n) is 12.0. The van der Waals surface area contributed by atoms with Gasteiger partial charge in [-0.1, -0.05) is 41.6 Å². The second kappa shape index (κ2) is 34.9. The average molecular weight is 1380 g/mol. The number of aliphatic hydroxyl groups is 2. The molecular formula is C82H81N9O12. The van der Waals surface area contributed by atoms with Gasteiger partial charge in [-0.15, -0.1) is 0 Å². The molecule has 526 valence electrons. The van der Waals surface area contributed by atoms with E-state index in [1.54, 1.807) is 67.6 Å². The second-order valence-electron chi connectivity index (χ2n) is 24.2. The van der Waals surface area contributed by atoms with Gasteiger partial charge in [0.25, 0.3) is 0 Å². The summed E-state index contributed by atoms with van der Waals surface area (Å²) in [6, 6.07) is 48.3. The summed E-state index contributed by atoms with van der Waals surface area (Å²) in [5.74, 6) is 8.19. The number of benzene rings is 6. The van der Waals surface area contributed by atoms with E-state index in [1.165, 1.54) is 11.1 Å². The number of nitrogens with one attached hydrogen (secondary N) is 1. The predicted molar refractivity (Wildman–Crippen MR) is 390 cm³/mol. The average Bonchev–Trinajstić information content (AvgIpc) is 1.65. The van der Waals surface area contributed by atoms with Crippen LogP contribution in [0, 0.1) is 22.7 Å². The molecular weight excluding hydrogens is 1300 g/mol. The number of ether oxygens (including phenoxy) is 6. The third-order valence-electron chi connectivity index (χ3n) is 16.5. The molecule has 0 saturated carbocycles. The van der Waals surface area contributed by atoms with Gasteiger partial charge in [0.1, 0.15) is 29.3 Å². The molecule has 0 saturated heterocycles. The molecule has 0 fully saturated rings. The monoisotopic (exact) mass is 1380 g/mol. The van der Waals surface area contributed by atoms with E-state index in [2.05, 4.69) is 59.7 Å². The summed E-state index contributed by atoms with van der Waals surface area (Å²) in [6.07, 6.45) is 15.1. The largest absolute Gasteiger partial charge is 0.490 e. The number of aromatic nitrogens is 6. The van der Waals surface area contributed by atoms with Crippen LogP contribution >= 0.6 is 0 Å². The molecule has 0 spiro atoms. The van der Waals surface area contributed by atoms with Crippen LogP contribution in [0.5, 0.6) is 34.5 Å². The molecule has 6 aromatic heterocycles. The van der Waals surface area contributed by atoms with E-state index in [-0.39, 0.29) is 24.9 Å². The van der Waals surface area contributed by atoms with Crippen LogP contribution in [0.1, 0.15) is 114 Å². The van der Waals surface area contributed by atoms with E-state index in [4.69, 9.17) is 51.3 Å². The Balaban J connectivity index is 0.000000139. The van der Waals surface area contributed by atoms with Gasteiger partial charge in [-0.3, -0.25) is 9.97 Å². The van der Waals surface area contributed by atoms with E-state index >= 15 is 0 Å². The summed E-state index contributed by atoms with van der Waals surface area (Å²) in [5.41, 5.74) is 13.4. The van der Waals surface area contributed by atoms with Crippen molar-refractivity contribution in [1.82, 2.24) is 35.4 Å². The molecule has 6 aromatic carbocycles. The molecule has 3 N–H and O–H groups in total. The number of pyridine rings is 2. The molecule has 14 rings (SSSR count). The van der Waals surface area contributed by atoms with Crippen molar-refractivity contribution in [3.63, 3.8) is 0 Å². The zero-order valence-electron chi connectivity index (χ0n) is 58.8. The summed E-state index contributed by atoms with van der Waals surface area (Å²) in [5, 5.41) is 45.6. The SMILES string of the molecule is CC(C)Oc1ccc(-c2ncc(-c3cccc4c3CCC4NCCO)o2)cc1C#N.CC(C)Oc1ccc(-c2ncc(-c3cccc4c3CCC4O)o2)cc1C#N.CCOc1ccc(-c2cc(-c3ccncc3)no2)cc1OCC.CCOc1ccc(-c2ncc(-c3ccncc3)o2)cc1OCC. The van der Waals surface area contributed by atoms with Gasteiger partial charge in [0, 0.05) is 87.9 Å². The van der Waals surface area contributed by atoms with Crippen LogP contribution in [-0.2, 0) is 12.8 Å². The van der Waals surface area contributed by atoms with Crippen LogP contribution < -0.4 is 33.7 Å². The topological polar surface area (TPSA) is 285 Å². The van der Waals surface area contributed by atoms with E-state index in [9.17, 15) is 15.6 Å². The molecule has 6 heterocycles. The van der Waals surface area contributed by atoms with E-state index in [0.29, 0.717) is 108 Å². The Kier molecular flexibility index (Phi) is 24.6. The number of nitrogens with zero attached hydrogens (tertiary/aromatic N) is 8. The van der Waals surface area contributed by atoms with Gasteiger partial charge in [-0.2, -0.15) is 10.5 Å². The van der Waals surface area contributed by atoms with Gasteiger partial charge in [-0.05, 0) is 200 Å². The minimum atomic E-state index is -0.408. The van der Waals surface area contributed by atoms with E-state index in [0.717, 1.165) is 98.5 Å². The maximum absolute atomic E-state index is 10.1. The Morgan fingerprint density at radius 3 is 1.45 bits per heavy atom. The quantitative estimate of drug-likeness (QED) is 0.0536. The van der Waals surface area contributed by atoms with Crippen LogP contribution in [0.25, 0.3) is 90.9 Å². The van der Waals surface area contributed by atoms with Crippen molar-refractivity contribution < 1.29 is 56.4 Å². The Hall–Kier alpha value is -11.9. The number of fused-ring (bicyclic) bond motifs is 2. The molecule has 21 nitrogen and oxygen atoms in total. The molecule has 0 bridgehead atoms. The molecule has 12 aromatic rings. The van der Waals surface area contributed by atoms with Gasteiger partial charge in [0.15, 0.2) is 46.0 Å². The molecule has 103 heavy (non-hydrogen) atoms. The first kappa shape index (κ1) is 72.4. The van der Waals surface area contributed by atoms with Crippen LogP contribution in [0.3, 0.4) is 0 Å². The number of hydrogen-bond donors (Lipinski definition) is 3. The Morgan fingerprint density at radius 2 is 0.932 bits per heavy atom. The van der Waals surface area contributed by atoms with Gasteiger partial charge in [0.2, 0.25) is 17.7 Å². The zero-order chi connectivity index (χ0) is 72.2. The maximum atomic E-state index is 10.1. The van der Waals surface area contributed by atoms with Crippen molar-refractivity contribution in [1.29, 1.82) is 10.5 Å². The van der Waals surface area contributed by atoms with Gasteiger partial charge < -0.3 is 61.7 Å². The third kappa shape index (κ3) is 17.8. The molecule has 2 aliphatic rings. The predicted octanol–water partition coefficient (Wildman–Crippen LogP) is 17.3. The lowest BCUT2D eigenvalue weighted by molar-refractivity contribution is 0.180. The normalized spacial score (nSPS) is 13.2. The van der Waals surface area contributed by atoms with Crippen LogP contribution in [0.4, 0.5) is 0 Å². The summed E-state index contributed by atoms with van der Waals surface area (Å²) < 4.78 is 57.2. The van der Waals surface area contributed by atoms with Crippen LogP contribution in [-0.4, -0.2) is 92.1 Å². The smallest absolute Gasteiger partial charge is 0.226 e. The van der Waals surface area contributed by atoms with Crippen LogP contribution in [0.2, 0.25) is 0 Å². The van der Waals surface area contributed by atoms with Crippen LogP contribution in [0.15, 0.2) is 201 Å².